The summed E-state index contributed by atoms with van der Waals surface area (Å²) in [7, 11) is 1.59. The van der Waals surface area contributed by atoms with E-state index in [2.05, 4.69) is 0 Å². The highest BCUT2D eigenvalue weighted by Crippen LogP contribution is 2.36. The molecule has 27 heavy (non-hydrogen) atoms. The second kappa shape index (κ2) is 6.01. The molecule has 2 aliphatic heterocycles. The van der Waals surface area contributed by atoms with Crippen LogP contribution in [0.3, 0.4) is 0 Å². The average Bonchev–Trinajstić information content (AvgIpc) is 3.12. The number of carbonyl (C=O) groups excluding carboxylic acids is 1. The minimum Gasteiger partial charge on any atom is -0.493 e. The van der Waals surface area contributed by atoms with Gasteiger partial charge in [-0.1, -0.05) is 18.2 Å². The fourth-order valence-electron chi connectivity index (χ4n) is 4.52. The highest BCUT2D eigenvalue weighted by atomic mass is 16.5. The minimum atomic E-state index is -0.102. The Labute approximate surface area is 155 Å². The summed E-state index contributed by atoms with van der Waals surface area (Å²) in [6.07, 6.45) is 1.02. The largest absolute Gasteiger partial charge is 0.493 e. The Kier molecular flexibility index (Phi) is 3.60. The fourth-order valence-corrected chi connectivity index (χ4v) is 4.52. The number of hydrogen-bond acceptors (Lipinski definition) is 4. The van der Waals surface area contributed by atoms with Gasteiger partial charge in [-0.3, -0.25) is 9.59 Å². The third-order valence-corrected chi connectivity index (χ3v) is 5.71. The Balaban J connectivity index is 1.46. The smallest absolute Gasteiger partial charge is 0.289 e. The summed E-state index contributed by atoms with van der Waals surface area (Å²) in [5.41, 5.74) is 1.67. The molecule has 5 rings (SSSR count). The molecule has 1 fully saturated rings. The number of pyridine rings is 1. The van der Waals surface area contributed by atoms with Gasteiger partial charge in [0.25, 0.3) is 11.5 Å². The molecule has 0 spiro atoms. The summed E-state index contributed by atoms with van der Waals surface area (Å²) in [4.78, 5) is 27.1. The molecule has 0 radical (unpaired) electrons. The number of ether oxygens (including phenoxy) is 1. The summed E-state index contributed by atoms with van der Waals surface area (Å²) < 4.78 is 13.0. The molecular formula is C21H20N2O4. The van der Waals surface area contributed by atoms with E-state index in [1.165, 1.54) is 0 Å². The molecule has 2 unspecified atom stereocenters. The Hall–Kier alpha value is -3.02. The fraction of sp³-hybridized carbons (Fsp3) is 0.333. The molecule has 2 bridgehead atoms. The van der Waals surface area contributed by atoms with Crippen LogP contribution in [0, 0.1) is 5.92 Å². The molecule has 6 heteroatoms. The number of aromatic nitrogens is 1. The third-order valence-electron chi connectivity index (χ3n) is 5.71. The number of nitrogens with zero attached hydrogens (tertiary/aromatic N) is 2. The van der Waals surface area contributed by atoms with E-state index in [1.54, 1.807) is 25.3 Å². The van der Waals surface area contributed by atoms with Gasteiger partial charge in [-0.15, -0.1) is 0 Å². The molecule has 0 saturated carbocycles. The second-order valence-corrected chi connectivity index (χ2v) is 7.40. The van der Waals surface area contributed by atoms with Gasteiger partial charge in [0, 0.05) is 42.7 Å². The van der Waals surface area contributed by atoms with E-state index < -0.39 is 0 Å². The number of fused-ring (bicyclic) bond motifs is 5. The minimum absolute atomic E-state index is 0.0476. The lowest BCUT2D eigenvalue weighted by Crippen LogP contribution is -2.49. The third kappa shape index (κ3) is 2.55. The lowest BCUT2D eigenvalue weighted by Gasteiger charge is -2.42. The second-order valence-electron chi connectivity index (χ2n) is 7.40. The molecule has 1 saturated heterocycles. The van der Waals surface area contributed by atoms with Crippen LogP contribution in [0.15, 0.2) is 51.7 Å². The maximum atomic E-state index is 13.1. The monoisotopic (exact) mass is 364 g/mol. The van der Waals surface area contributed by atoms with Gasteiger partial charge < -0.3 is 18.6 Å². The van der Waals surface area contributed by atoms with Crippen LogP contribution < -0.4 is 10.3 Å². The Morgan fingerprint density at radius 2 is 2.00 bits per heavy atom. The van der Waals surface area contributed by atoms with Gasteiger partial charge in [0.1, 0.15) is 0 Å². The first-order chi connectivity index (χ1) is 13.1. The summed E-state index contributed by atoms with van der Waals surface area (Å²) >= 11 is 0. The number of carbonyl (C=O) groups is 1. The van der Waals surface area contributed by atoms with Crippen LogP contribution in [0.25, 0.3) is 11.0 Å². The van der Waals surface area contributed by atoms with Crippen molar-refractivity contribution in [3.05, 3.63) is 64.3 Å². The zero-order valence-electron chi connectivity index (χ0n) is 15.1. The van der Waals surface area contributed by atoms with Crippen LogP contribution in [0.5, 0.6) is 5.75 Å². The molecule has 6 nitrogen and oxygen atoms in total. The summed E-state index contributed by atoms with van der Waals surface area (Å²) in [6.45, 7) is 1.92. The normalized spacial score (nSPS) is 21.1. The highest BCUT2D eigenvalue weighted by molar-refractivity contribution is 5.97. The molecular weight excluding hydrogens is 344 g/mol. The SMILES string of the molecule is COc1cccc2cc(C(=O)N3CC4CC(C3)c3cccc(=O)n3C4)oc12. The number of piperidine rings is 1. The van der Waals surface area contributed by atoms with E-state index in [0.717, 1.165) is 17.5 Å². The molecule has 1 amide bonds. The Morgan fingerprint density at radius 3 is 2.85 bits per heavy atom. The number of amides is 1. The maximum absolute atomic E-state index is 13.1. The number of rotatable bonds is 2. The summed E-state index contributed by atoms with van der Waals surface area (Å²) in [5.74, 6) is 1.33. The molecule has 4 heterocycles. The van der Waals surface area contributed by atoms with E-state index in [-0.39, 0.29) is 17.4 Å². The van der Waals surface area contributed by atoms with Gasteiger partial charge in [-0.2, -0.15) is 0 Å². The molecule has 2 aromatic heterocycles. The number of benzene rings is 1. The highest BCUT2D eigenvalue weighted by Gasteiger charge is 2.37. The van der Waals surface area contributed by atoms with Crippen LogP contribution in [0.4, 0.5) is 0 Å². The summed E-state index contributed by atoms with van der Waals surface area (Å²) in [5, 5.41) is 0.854. The van der Waals surface area contributed by atoms with Crippen molar-refractivity contribution in [2.45, 2.75) is 18.9 Å². The van der Waals surface area contributed by atoms with Gasteiger partial charge in [-0.05, 0) is 30.5 Å². The molecule has 2 aliphatic rings. The van der Waals surface area contributed by atoms with E-state index in [4.69, 9.17) is 9.15 Å². The van der Waals surface area contributed by atoms with Crippen molar-refractivity contribution in [2.75, 3.05) is 20.2 Å². The first kappa shape index (κ1) is 16.2. The van der Waals surface area contributed by atoms with Gasteiger partial charge >= 0.3 is 0 Å². The van der Waals surface area contributed by atoms with Gasteiger partial charge in [0.05, 0.1) is 7.11 Å². The van der Waals surface area contributed by atoms with Crippen molar-refractivity contribution >= 4 is 16.9 Å². The Bertz CT molecular complexity index is 1100. The predicted molar refractivity (Wildman–Crippen MR) is 100 cm³/mol. The number of furan rings is 1. The van der Waals surface area contributed by atoms with E-state index in [1.807, 2.05) is 33.7 Å². The van der Waals surface area contributed by atoms with Gasteiger partial charge in [0.15, 0.2) is 17.1 Å². The first-order valence-electron chi connectivity index (χ1n) is 9.19. The number of methoxy groups -OCH3 is 1. The van der Waals surface area contributed by atoms with Crippen molar-refractivity contribution in [3.63, 3.8) is 0 Å². The maximum Gasteiger partial charge on any atom is 0.289 e. The van der Waals surface area contributed by atoms with E-state index in [0.29, 0.717) is 42.6 Å². The molecule has 0 N–H and O–H groups in total. The van der Waals surface area contributed by atoms with Crippen LogP contribution in [0.2, 0.25) is 0 Å². The topological polar surface area (TPSA) is 64.7 Å². The molecule has 138 valence electrons. The zero-order chi connectivity index (χ0) is 18.5. The van der Waals surface area contributed by atoms with Gasteiger partial charge in [-0.25, -0.2) is 0 Å². The first-order valence-corrected chi connectivity index (χ1v) is 9.19. The van der Waals surface area contributed by atoms with E-state index in [9.17, 15) is 9.59 Å². The van der Waals surface area contributed by atoms with E-state index >= 15 is 0 Å². The zero-order valence-corrected chi connectivity index (χ0v) is 15.1. The van der Waals surface area contributed by atoms with Crippen LogP contribution in [-0.2, 0) is 6.54 Å². The predicted octanol–water partition coefficient (Wildman–Crippen LogP) is 2.86. The molecule has 1 aromatic carbocycles. The Morgan fingerprint density at radius 1 is 1.15 bits per heavy atom. The van der Waals surface area contributed by atoms with Crippen LogP contribution in [0.1, 0.15) is 28.6 Å². The molecule has 2 atom stereocenters. The standard InChI is InChI=1S/C21H20N2O4/c1-26-17-6-2-4-14-9-18(27-20(14)17)21(25)22-10-13-8-15(12-22)16-5-3-7-19(24)23(16)11-13/h2-7,9,13,15H,8,10-12H2,1H3. The molecule has 0 aliphatic carbocycles. The lowest BCUT2D eigenvalue weighted by molar-refractivity contribution is 0.0566. The lowest BCUT2D eigenvalue weighted by atomic mass is 9.83. The number of hydrogen-bond donors (Lipinski definition) is 0. The van der Waals surface area contributed by atoms with Crippen LogP contribution in [-0.4, -0.2) is 35.6 Å². The van der Waals surface area contributed by atoms with Crippen LogP contribution >= 0.6 is 0 Å². The van der Waals surface area contributed by atoms with Crippen molar-refractivity contribution in [2.24, 2.45) is 5.92 Å². The van der Waals surface area contributed by atoms with Crippen molar-refractivity contribution in [1.82, 2.24) is 9.47 Å². The molecule has 3 aromatic rings. The number of para-hydroxylation sites is 1. The number of likely N-dealkylation sites (tertiary alicyclic amines) is 1. The van der Waals surface area contributed by atoms with Crippen molar-refractivity contribution < 1.29 is 13.9 Å². The van der Waals surface area contributed by atoms with Crippen molar-refractivity contribution in [3.8, 4) is 5.75 Å². The van der Waals surface area contributed by atoms with Crippen molar-refractivity contribution in [1.29, 1.82) is 0 Å². The van der Waals surface area contributed by atoms with Gasteiger partial charge in [0.2, 0.25) is 0 Å². The quantitative estimate of drug-likeness (QED) is 0.701. The average molecular weight is 364 g/mol. The summed E-state index contributed by atoms with van der Waals surface area (Å²) in [6, 6.07) is 12.8.